The van der Waals surface area contributed by atoms with Crippen molar-refractivity contribution in [1.29, 1.82) is 5.26 Å². The van der Waals surface area contributed by atoms with E-state index in [1.807, 2.05) is 19.1 Å². The highest BCUT2D eigenvalue weighted by Gasteiger charge is 2.00. The second kappa shape index (κ2) is 3.46. The van der Waals surface area contributed by atoms with Gasteiger partial charge in [0.15, 0.2) is 0 Å². The van der Waals surface area contributed by atoms with Crippen LogP contribution in [0.15, 0.2) is 17.0 Å². The maximum Gasteiger partial charge on any atom is 0.0992 e. The van der Waals surface area contributed by atoms with Gasteiger partial charge in [-0.05, 0) is 47.2 Å². The zero-order valence-electron chi connectivity index (χ0n) is 5.93. The summed E-state index contributed by atoms with van der Waals surface area (Å²) in [5.41, 5.74) is 1.75. The minimum atomic E-state index is 0.699. The van der Waals surface area contributed by atoms with E-state index in [0.717, 1.165) is 14.0 Å². The van der Waals surface area contributed by atoms with Gasteiger partial charge in [-0.25, -0.2) is 0 Å². The van der Waals surface area contributed by atoms with Crippen molar-refractivity contribution in [2.75, 3.05) is 0 Å². The summed E-state index contributed by atoms with van der Waals surface area (Å²) in [5, 5.41) is 8.60. The van der Waals surface area contributed by atoms with Crippen molar-refractivity contribution < 1.29 is 0 Å². The Kier molecular flexibility index (Phi) is 2.79. The van der Waals surface area contributed by atoms with Gasteiger partial charge in [0.25, 0.3) is 0 Å². The van der Waals surface area contributed by atoms with Gasteiger partial charge >= 0.3 is 0 Å². The predicted molar refractivity (Wildman–Crippen MR) is 55.9 cm³/mol. The Morgan fingerprint density at radius 2 is 2.18 bits per heavy atom. The number of benzene rings is 1. The minimum Gasteiger partial charge on any atom is -0.192 e. The second-order valence-electron chi connectivity index (χ2n) is 2.24. The van der Waals surface area contributed by atoms with Crippen molar-refractivity contribution in [1.82, 2.24) is 0 Å². The van der Waals surface area contributed by atoms with Crippen LogP contribution in [0.4, 0.5) is 0 Å². The van der Waals surface area contributed by atoms with Crippen molar-refractivity contribution in [2.45, 2.75) is 11.8 Å². The third-order valence-corrected chi connectivity index (χ3v) is 3.25. The largest absolute Gasteiger partial charge is 0.192 e. The number of rotatable bonds is 0. The van der Waals surface area contributed by atoms with Gasteiger partial charge in [0.05, 0.1) is 11.6 Å². The summed E-state index contributed by atoms with van der Waals surface area (Å²) in [6.45, 7) is 1.95. The zero-order chi connectivity index (χ0) is 8.43. The molecule has 0 fully saturated rings. The molecule has 0 heterocycles. The molecule has 0 atom stereocenters. The van der Waals surface area contributed by atoms with Crippen LogP contribution in [0.2, 0.25) is 0 Å². The number of hydrogen-bond acceptors (Lipinski definition) is 2. The Bertz CT molecular complexity index is 304. The molecule has 0 aliphatic carbocycles. The molecule has 1 aromatic rings. The third-order valence-electron chi connectivity index (χ3n) is 1.38. The molecule has 0 saturated carbocycles. The standard InChI is InChI=1S/C8H6INS/c1-5-2-6(4-10)3-7(9)8(5)11/h2-3,11H,1H3. The molecular formula is C8H6INS. The first kappa shape index (κ1) is 8.88. The number of halogens is 1. The molecule has 0 amide bonds. The zero-order valence-corrected chi connectivity index (χ0v) is 8.98. The topological polar surface area (TPSA) is 23.8 Å². The molecule has 1 aromatic carbocycles. The highest BCUT2D eigenvalue weighted by Crippen LogP contribution is 2.21. The quantitative estimate of drug-likeness (QED) is 0.571. The van der Waals surface area contributed by atoms with Crippen LogP contribution in [0.1, 0.15) is 11.1 Å². The molecule has 0 radical (unpaired) electrons. The monoisotopic (exact) mass is 275 g/mol. The van der Waals surface area contributed by atoms with E-state index in [-0.39, 0.29) is 0 Å². The first-order chi connectivity index (χ1) is 5.15. The predicted octanol–water partition coefficient (Wildman–Crippen LogP) is 2.76. The maximum atomic E-state index is 8.60. The molecule has 56 valence electrons. The molecule has 0 aromatic heterocycles. The Balaban J connectivity index is 3.35. The van der Waals surface area contributed by atoms with E-state index in [1.54, 1.807) is 0 Å². The van der Waals surface area contributed by atoms with E-state index in [9.17, 15) is 0 Å². The molecular weight excluding hydrogens is 269 g/mol. The summed E-state index contributed by atoms with van der Waals surface area (Å²) >= 11 is 6.45. The SMILES string of the molecule is Cc1cc(C#N)cc(I)c1S. The van der Waals surface area contributed by atoms with Crippen LogP contribution < -0.4 is 0 Å². The summed E-state index contributed by atoms with van der Waals surface area (Å²) in [4.78, 5) is 0.963. The lowest BCUT2D eigenvalue weighted by atomic mass is 10.2. The van der Waals surface area contributed by atoms with Gasteiger partial charge in [0.1, 0.15) is 0 Å². The lowest BCUT2D eigenvalue weighted by molar-refractivity contribution is 1.26. The Morgan fingerprint density at radius 3 is 2.64 bits per heavy atom. The van der Waals surface area contributed by atoms with Gasteiger partial charge in [-0.1, -0.05) is 0 Å². The van der Waals surface area contributed by atoms with Gasteiger partial charge in [-0.3, -0.25) is 0 Å². The second-order valence-corrected chi connectivity index (χ2v) is 3.84. The Hall–Kier alpha value is -0.210. The van der Waals surface area contributed by atoms with Gasteiger partial charge in [0.2, 0.25) is 0 Å². The van der Waals surface area contributed by atoms with E-state index < -0.39 is 0 Å². The van der Waals surface area contributed by atoms with Crippen molar-refractivity contribution in [2.24, 2.45) is 0 Å². The fraction of sp³-hybridized carbons (Fsp3) is 0.125. The normalized spacial score (nSPS) is 9.27. The van der Waals surface area contributed by atoms with E-state index >= 15 is 0 Å². The van der Waals surface area contributed by atoms with Crippen molar-refractivity contribution >= 4 is 35.2 Å². The molecule has 11 heavy (non-hydrogen) atoms. The fourth-order valence-electron chi connectivity index (χ4n) is 0.801. The maximum absolute atomic E-state index is 8.60. The number of hydrogen-bond donors (Lipinski definition) is 1. The van der Waals surface area contributed by atoms with Crippen molar-refractivity contribution in [3.63, 3.8) is 0 Å². The molecule has 3 heteroatoms. The molecule has 0 saturated heterocycles. The molecule has 1 nitrogen and oxygen atoms in total. The lowest BCUT2D eigenvalue weighted by Crippen LogP contribution is -1.84. The molecule has 0 aliphatic heterocycles. The first-order valence-corrected chi connectivity index (χ1v) is 4.57. The summed E-state index contributed by atoms with van der Waals surface area (Å²) in [6.07, 6.45) is 0. The summed E-state index contributed by atoms with van der Waals surface area (Å²) < 4.78 is 1.03. The summed E-state index contributed by atoms with van der Waals surface area (Å²) in [5.74, 6) is 0. The number of aryl methyl sites for hydroxylation is 1. The van der Waals surface area contributed by atoms with E-state index in [2.05, 4.69) is 41.3 Å². The molecule has 0 bridgehead atoms. The fourth-order valence-corrected chi connectivity index (χ4v) is 1.69. The minimum absolute atomic E-state index is 0.699. The van der Waals surface area contributed by atoms with E-state index in [4.69, 9.17) is 5.26 Å². The summed E-state index contributed by atoms with van der Waals surface area (Å²) in [6, 6.07) is 5.76. The smallest absolute Gasteiger partial charge is 0.0992 e. The van der Waals surface area contributed by atoms with Crippen LogP contribution in [-0.2, 0) is 0 Å². The van der Waals surface area contributed by atoms with E-state index in [1.165, 1.54) is 0 Å². The average Bonchev–Trinajstić information content (AvgIpc) is 1.99. The Morgan fingerprint density at radius 1 is 1.55 bits per heavy atom. The lowest BCUT2D eigenvalue weighted by Gasteiger charge is -2.01. The highest BCUT2D eigenvalue weighted by molar-refractivity contribution is 14.1. The van der Waals surface area contributed by atoms with Gasteiger partial charge in [0, 0.05) is 8.47 Å². The van der Waals surface area contributed by atoms with E-state index in [0.29, 0.717) is 5.56 Å². The van der Waals surface area contributed by atoms with Crippen LogP contribution in [-0.4, -0.2) is 0 Å². The first-order valence-electron chi connectivity index (χ1n) is 3.04. The van der Waals surface area contributed by atoms with Crippen LogP contribution in [0.25, 0.3) is 0 Å². The highest BCUT2D eigenvalue weighted by atomic mass is 127. The van der Waals surface area contributed by atoms with Crippen LogP contribution >= 0.6 is 35.2 Å². The summed E-state index contributed by atoms with van der Waals surface area (Å²) in [7, 11) is 0. The Labute approximate surface area is 85.0 Å². The number of thiol groups is 1. The molecule has 0 spiro atoms. The van der Waals surface area contributed by atoms with Crippen molar-refractivity contribution in [3.8, 4) is 6.07 Å². The molecule has 0 aliphatic rings. The number of nitriles is 1. The average molecular weight is 275 g/mol. The van der Waals surface area contributed by atoms with Crippen LogP contribution in [0.3, 0.4) is 0 Å². The van der Waals surface area contributed by atoms with Crippen LogP contribution in [0.5, 0.6) is 0 Å². The molecule has 1 rings (SSSR count). The van der Waals surface area contributed by atoms with Gasteiger partial charge in [-0.15, -0.1) is 12.6 Å². The molecule has 0 N–H and O–H groups in total. The van der Waals surface area contributed by atoms with Crippen molar-refractivity contribution in [3.05, 3.63) is 26.8 Å². The molecule has 0 unspecified atom stereocenters. The van der Waals surface area contributed by atoms with Crippen LogP contribution in [0, 0.1) is 21.8 Å². The van der Waals surface area contributed by atoms with Gasteiger partial charge in [-0.2, -0.15) is 5.26 Å². The number of nitrogens with zero attached hydrogens (tertiary/aromatic N) is 1. The van der Waals surface area contributed by atoms with Gasteiger partial charge < -0.3 is 0 Å². The third kappa shape index (κ3) is 1.88.